The molecule has 1 amide bonds. The quantitative estimate of drug-likeness (QED) is 0.559. The maximum Gasteiger partial charge on any atom is 0.243 e. The van der Waals surface area contributed by atoms with Crippen LogP contribution in [0.1, 0.15) is 51.4 Å². The van der Waals surface area contributed by atoms with Crippen molar-refractivity contribution in [2.75, 3.05) is 26.8 Å². The summed E-state index contributed by atoms with van der Waals surface area (Å²) in [5, 5.41) is 11.2. The molecule has 1 aromatic carbocycles. The maximum absolute atomic E-state index is 13.5. The minimum Gasteiger partial charge on any atom is -0.383 e. The first-order valence-electron chi connectivity index (χ1n) is 11.8. The number of nitrogens with one attached hydrogen (secondary N) is 1. The van der Waals surface area contributed by atoms with Crippen LogP contribution in [0.5, 0.6) is 0 Å². The van der Waals surface area contributed by atoms with Crippen molar-refractivity contribution in [3.63, 3.8) is 0 Å². The molecule has 0 spiro atoms. The number of ether oxygens (including phenoxy) is 1. The Kier molecular flexibility index (Phi) is 7.77. The van der Waals surface area contributed by atoms with Crippen LogP contribution in [0.15, 0.2) is 34.7 Å². The van der Waals surface area contributed by atoms with Crippen LogP contribution in [0.2, 0.25) is 0 Å². The molecule has 1 saturated heterocycles. The number of amides is 1. The Morgan fingerprint density at radius 1 is 1.24 bits per heavy atom. The monoisotopic (exact) mass is 475 g/mol. The summed E-state index contributed by atoms with van der Waals surface area (Å²) in [5.74, 6) is -0.207. The van der Waals surface area contributed by atoms with Crippen molar-refractivity contribution in [3.05, 3.63) is 29.8 Å². The van der Waals surface area contributed by atoms with Gasteiger partial charge in [-0.15, -0.1) is 5.10 Å². The molecule has 1 fully saturated rings. The Hall–Kier alpha value is -2.30. The summed E-state index contributed by atoms with van der Waals surface area (Å²) in [5.41, 5.74) is 2.64. The number of aromatic nitrogens is 3. The summed E-state index contributed by atoms with van der Waals surface area (Å²) in [6.45, 7) is 1.90. The van der Waals surface area contributed by atoms with E-state index >= 15 is 0 Å². The molecule has 1 aromatic heterocycles. The molecule has 0 saturated carbocycles. The van der Waals surface area contributed by atoms with Crippen LogP contribution in [0.25, 0.3) is 11.0 Å². The number of carbonyl (C=O) groups excluding carboxylic acids is 1. The second-order valence-electron chi connectivity index (χ2n) is 8.73. The molecule has 1 aliphatic heterocycles. The Balaban J connectivity index is 1.47. The fourth-order valence-electron chi connectivity index (χ4n) is 4.64. The van der Waals surface area contributed by atoms with Crippen molar-refractivity contribution in [1.82, 2.24) is 24.6 Å². The minimum atomic E-state index is -3.84. The van der Waals surface area contributed by atoms with E-state index in [4.69, 9.17) is 4.74 Å². The fourth-order valence-corrected chi connectivity index (χ4v) is 6.32. The van der Waals surface area contributed by atoms with E-state index < -0.39 is 16.1 Å². The third-order valence-corrected chi connectivity index (χ3v) is 8.39. The number of methoxy groups -OCH3 is 1. The number of nitrogens with zero attached hydrogens (tertiary/aromatic N) is 4. The lowest BCUT2D eigenvalue weighted by atomic mass is 9.97. The predicted octanol–water partition coefficient (Wildman–Crippen LogP) is 2.63. The standard InChI is InChI=1S/C23H33N5O4S/c1-32-16-15-27-21-11-10-19(17-20(21)25-26-27)33(30,31)28-14-6-5-9-22(28)23(29)24-13-12-18-7-3-2-4-8-18/h7,10-11,17,22H,2-6,8-9,12-16H2,1H3,(H,24,29). The number of hydrogen-bond donors (Lipinski definition) is 1. The molecule has 4 rings (SSSR count). The maximum atomic E-state index is 13.5. The first kappa shape index (κ1) is 23.8. The number of sulfonamides is 1. The normalized spacial score (nSPS) is 20.0. The number of carbonyl (C=O) groups is 1. The van der Waals surface area contributed by atoms with Gasteiger partial charge in [-0.25, -0.2) is 13.1 Å². The Labute approximate surface area is 195 Å². The van der Waals surface area contributed by atoms with E-state index in [9.17, 15) is 13.2 Å². The molecule has 1 aliphatic carbocycles. The van der Waals surface area contributed by atoms with Gasteiger partial charge in [0.05, 0.1) is 23.6 Å². The van der Waals surface area contributed by atoms with Gasteiger partial charge in [-0.05, 0) is 63.1 Å². The average molecular weight is 476 g/mol. The van der Waals surface area contributed by atoms with Crippen LogP contribution in [0.3, 0.4) is 0 Å². The van der Waals surface area contributed by atoms with Gasteiger partial charge in [0.25, 0.3) is 0 Å². The van der Waals surface area contributed by atoms with Gasteiger partial charge >= 0.3 is 0 Å². The van der Waals surface area contributed by atoms with Crippen LogP contribution >= 0.6 is 0 Å². The van der Waals surface area contributed by atoms with Crippen LogP contribution in [-0.4, -0.2) is 66.5 Å². The van der Waals surface area contributed by atoms with E-state index in [0.29, 0.717) is 38.2 Å². The summed E-state index contributed by atoms with van der Waals surface area (Å²) in [4.78, 5) is 13.1. The summed E-state index contributed by atoms with van der Waals surface area (Å²) in [7, 11) is -2.23. The Bertz CT molecular complexity index is 1110. The van der Waals surface area contributed by atoms with Crippen molar-refractivity contribution < 1.29 is 17.9 Å². The van der Waals surface area contributed by atoms with Gasteiger partial charge < -0.3 is 10.1 Å². The van der Waals surface area contributed by atoms with E-state index in [2.05, 4.69) is 21.7 Å². The smallest absolute Gasteiger partial charge is 0.243 e. The zero-order valence-corrected chi connectivity index (χ0v) is 20.0. The summed E-state index contributed by atoms with van der Waals surface area (Å²) >= 11 is 0. The van der Waals surface area contributed by atoms with Crippen molar-refractivity contribution in [2.24, 2.45) is 0 Å². The summed E-state index contributed by atoms with van der Waals surface area (Å²) < 4.78 is 35.2. The van der Waals surface area contributed by atoms with Gasteiger partial charge in [-0.2, -0.15) is 4.31 Å². The highest BCUT2D eigenvalue weighted by Crippen LogP contribution is 2.27. The van der Waals surface area contributed by atoms with E-state index in [1.54, 1.807) is 30.0 Å². The lowest BCUT2D eigenvalue weighted by Gasteiger charge is -2.33. The van der Waals surface area contributed by atoms with Crippen molar-refractivity contribution in [1.29, 1.82) is 0 Å². The largest absolute Gasteiger partial charge is 0.383 e. The number of fused-ring (bicyclic) bond motifs is 1. The molecule has 1 N–H and O–H groups in total. The number of piperidine rings is 1. The van der Waals surface area contributed by atoms with Gasteiger partial charge in [0.15, 0.2) is 0 Å². The second-order valence-corrected chi connectivity index (χ2v) is 10.6. The molecule has 0 radical (unpaired) electrons. The van der Waals surface area contributed by atoms with Crippen LogP contribution in [-0.2, 0) is 26.1 Å². The summed E-state index contributed by atoms with van der Waals surface area (Å²) in [6.07, 6.45) is 9.87. The number of benzene rings is 1. The topological polar surface area (TPSA) is 106 Å². The van der Waals surface area contributed by atoms with Gasteiger partial charge in [0, 0.05) is 20.2 Å². The van der Waals surface area contributed by atoms with Crippen LogP contribution in [0, 0.1) is 0 Å². The van der Waals surface area contributed by atoms with E-state index in [-0.39, 0.29) is 10.8 Å². The van der Waals surface area contributed by atoms with Crippen LogP contribution in [0.4, 0.5) is 0 Å². The predicted molar refractivity (Wildman–Crippen MR) is 125 cm³/mol. The molecule has 9 nitrogen and oxygen atoms in total. The molecule has 10 heteroatoms. The zero-order valence-electron chi connectivity index (χ0n) is 19.2. The van der Waals surface area contributed by atoms with E-state index in [1.807, 2.05) is 0 Å². The van der Waals surface area contributed by atoms with Gasteiger partial charge in [0.2, 0.25) is 15.9 Å². The Morgan fingerprint density at radius 3 is 2.91 bits per heavy atom. The van der Waals surface area contributed by atoms with Gasteiger partial charge in [0.1, 0.15) is 11.6 Å². The van der Waals surface area contributed by atoms with Crippen LogP contribution < -0.4 is 5.32 Å². The molecular weight excluding hydrogens is 442 g/mol. The van der Waals surface area contributed by atoms with Crippen molar-refractivity contribution in [2.45, 2.75) is 68.8 Å². The number of allylic oxidation sites excluding steroid dienone is 1. The van der Waals surface area contributed by atoms with Crippen molar-refractivity contribution >= 4 is 27.0 Å². The SMILES string of the molecule is COCCn1nnc2cc(S(=O)(=O)N3CCCCC3C(=O)NCCC3=CCCCC3)ccc21. The van der Waals surface area contributed by atoms with E-state index in [0.717, 1.165) is 37.6 Å². The molecule has 180 valence electrons. The molecule has 1 atom stereocenters. The lowest BCUT2D eigenvalue weighted by Crippen LogP contribution is -2.51. The number of hydrogen-bond acceptors (Lipinski definition) is 6. The van der Waals surface area contributed by atoms with E-state index in [1.165, 1.54) is 22.7 Å². The first-order chi connectivity index (χ1) is 16.0. The molecule has 33 heavy (non-hydrogen) atoms. The van der Waals surface area contributed by atoms with Gasteiger partial charge in [-0.1, -0.05) is 23.3 Å². The molecule has 0 bridgehead atoms. The Morgan fingerprint density at radius 2 is 2.12 bits per heavy atom. The third-order valence-electron chi connectivity index (χ3n) is 6.49. The molecule has 1 unspecified atom stereocenters. The molecule has 2 heterocycles. The summed E-state index contributed by atoms with van der Waals surface area (Å²) in [6, 6.07) is 4.15. The second kappa shape index (κ2) is 10.8. The molecule has 2 aliphatic rings. The van der Waals surface area contributed by atoms with Gasteiger partial charge in [-0.3, -0.25) is 4.79 Å². The highest BCUT2D eigenvalue weighted by atomic mass is 32.2. The molecular formula is C23H33N5O4S. The molecule has 2 aromatic rings. The highest BCUT2D eigenvalue weighted by molar-refractivity contribution is 7.89. The lowest BCUT2D eigenvalue weighted by molar-refractivity contribution is -0.125. The zero-order chi connectivity index (χ0) is 23.3. The highest BCUT2D eigenvalue weighted by Gasteiger charge is 2.37. The first-order valence-corrected chi connectivity index (χ1v) is 13.2. The minimum absolute atomic E-state index is 0.140. The average Bonchev–Trinajstić information content (AvgIpc) is 3.25. The third kappa shape index (κ3) is 5.44. The van der Waals surface area contributed by atoms with Crippen molar-refractivity contribution in [3.8, 4) is 0 Å². The number of rotatable bonds is 9. The fraction of sp³-hybridized carbons (Fsp3) is 0.609.